The highest BCUT2D eigenvalue weighted by molar-refractivity contribution is 8.26. The van der Waals surface area contributed by atoms with Crippen LogP contribution in [0, 0.1) is 6.92 Å². The van der Waals surface area contributed by atoms with Crippen LogP contribution in [0.15, 0.2) is 23.1 Å². The Morgan fingerprint density at radius 3 is 2.82 bits per heavy atom. The Morgan fingerprint density at radius 2 is 2.18 bits per heavy atom. The summed E-state index contributed by atoms with van der Waals surface area (Å²) in [5.41, 5.74) is 1.48. The van der Waals surface area contributed by atoms with Crippen molar-refractivity contribution in [3.8, 4) is 5.75 Å². The Labute approximate surface area is 137 Å². The third-order valence-electron chi connectivity index (χ3n) is 3.12. The molecule has 0 bridgehead atoms. The van der Waals surface area contributed by atoms with Gasteiger partial charge in [-0.3, -0.25) is 14.5 Å². The van der Waals surface area contributed by atoms with Crippen LogP contribution in [0.4, 0.5) is 0 Å². The van der Waals surface area contributed by atoms with E-state index < -0.39 is 5.97 Å². The molecule has 2 N–H and O–H groups in total. The maximum absolute atomic E-state index is 12.3. The standard InChI is InChI=1S/C15H15NO4S2/c1-9-4-5-10(11(17)7-9)8-12-14(20)16(15(21)22-12)6-2-3-13(18)19/h4-5,7-8,17H,2-3,6H2,1H3,(H,18,19). The topological polar surface area (TPSA) is 77.8 Å². The molecule has 0 saturated carbocycles. The first-order valence-electron chi connectivity index (χ1n) is 6.65. The molecule has 0 spiro atoms. The van der Waals surface area contributed by atoms with Gasteiger partial charge in [0.25, 0.3) is 5.91 Å². The zero-order valence-corrected chi connectivity index (χ0v) is 13.5. The molecule has 7 heteroatoms. The fourth-order valence-corrected chi connectivity index (χ4v) is 3.30. The minimum Gasteiger partial charge on any atom is -0.507 e. The van der Waals surface area contributed by atoms with E-state index in [1.807, 2.05) is 13.0 Å². The molecule has 0 atom stereocenters. The Morgan fingerprint density at radius 1 is 1.45 bits per heavy atom. The van der Waals surface area contributed by atoms with Gasteiger partial charge >= 0.3 is 5.97 Å². The van der Waals surface area contributed by atoms with E-state index in [4.69, 9.17) is 17.3 Å². The first-order valence-corrected chi connectivity index (χ1v) is 7.87. The van der Waals surface area contributed by atoms with Gasteiger partial charge in [0.1, 0.15) is 10.1 Å². The van der Waals surface area contributed by atoms with E-state index in [1.54, 1.807) is 18.2 Å². The molecule has 1 amide bonds. The number of carbonyl (C=O) groups is 2. The molecule has 116 valence electrons. The molecule has 22 heavy (non-hydrogen) atoms. The number of hydrogen-bond acceptors (Lipinski definition) is 5. The number of carboxylic acids is 1. The number of aliphatic carboxylic acids is 1. The molecule has 0 radical (unpaired) electrons. The molecular formula is C15H15NO4S2. The second-order valence-corrected chi connectivity index (χ2v) is 6.57. The number of carboxylic acid groups (broad SMARTS) is 1. The predicted molar refractivity (Wildman–Crippen MR) is 89.6 cm³/mol. The lowest BCUT2D eigenvalue weighted by Gasteiger charge is -2.13. The van der Waals surface area contributed by atoms with Crippen molar-refractivity contribution in [2.75, 3.05) is 6.54 Å². The van der Waals surface area contributed by atoms with Gasteiger partial charge in [0.2, 0.25) is 0 Å². The predicted octanol–water partition coefficient (Wildman–Crippen LogP) is 2.77. The van der Waals surface area contributed by atoms with Crippen molar-refractivity contribution < 1.29 is 19.8 Å². The van der Waals surface area contributed by atoms with E-state index in [0.717, 1.165) is 17.3 Å². The van der Waals surface area contributed by atoms with Crippen molar-refractivity contribution in [3.63, 3.8) is 0 Å². The molecule has 1 aromatic rings. The summed E-state index contributed by atoms with van der Waals surface area (Å²) in [7, 11) is 0. The smallest absolute Gasteiger partial charge is 0.303 e. The molecule has 1 fully saturated rings. The third kappa shape index (κ3) is 3.86. The van der Waals surface area contributed by atoms with Crippen molar-refractivity contribution in [2.45, 2.75) is 19.8 Å². The number of benzene rings is 1. The normalized spacial score (nSPS) is 16.6. The Bertz CT molecular complexity index is 670. The van der Waals surface area contributed by atoms with Crippen molar-refractivity contribution in [3.05, 3.63) is 34.2 Å². The van der Waals surface area contributed by atoms with Crippen LogP contribution in [0.2, 0.25) is 0 Å². The number of phenols is 1. The summed E-state index contributed by atoms with van der Waals surface area (Å²) >= 11 is 6.32. The van der Waals surface area contributed by atoms with E-state index in [9.17, 15) is 14.7 Å². The number of aryl methyl sites for hydroxylation is 1. The summed E-state index contributed by atoms with van der Waals surface area (Å²) in [5.74, 6) is -1.04. The Hall–Kier alpha value is -1.86. The van der Waals surface area contributed by atoms with Gasteiger partial charge in [-0.05, 0) is 31.1 Å². The van der Waals surface area contributed by atoms with E-state index in [0.29, 0.717) is 21.2 Å². The number of aromatic hydroxyl groups is 1. The van der Waals surface area contributed by atoms with Gasteiger partial charge in [-0.15, -0.1) is 0 Å². The highest BCUT2D eigenvalue weighted by Crippen LogP contribution is 2.34. The van der Waals surface area contributed by atoms with Gasteiger partial charge in [0.05, 0.1) is 4.91 Å². The molecular weight excluding hydrogens is 322 g/mol. The summed E-state index contributed by atoms with van der Waals surface area (Å²) in [6, 6.07) is 5.21. The number of carbonyl (C=O) groups excluding carboxylic acids is 1. The monoisotopic (exact) mass is 337 g/mol. The highest BCUT2D eigenvalue weighted by atomic mass is 32.2. The van der Waals surface area contributed by atoms with Crippen LogP contribution < -0.4 is 0 Å². The Kier molecular flexibility index (Phi) is 5.20. The quantitative estimate of drug-likeness (QED) is 0.635. The largest absolute Gasteiger partial charge is 0.507 e. The molecule has 0 aromatic heterocycles. The molecule has 1 aromatic carbocycles. The van der Waals surface area contributed by atoms with Crippen molar-refractivity contribution in [1.82, 2.24) is 4.90 Å². The lowest BCUT2D eigenvalue weighted by molar-refractivity contribution is -0.137. The van der Waals surface area contributed by atoms with Gasteiger partial charge in [-0.2, -0.15) is 0 Å². The number of rotatable bonds is 5. The first kappa shape index (κ1) is 16.5. The summed E-state index contributed by atoms with van der Waals surface area (Å²) < 4.78 is 0.410. The zero-order chi connectivity index (χ0) is 16.3. The van der Waals surface area contributed by atoms with Crippen LogP contribution >= 0.6 is 24.0 Å². The molecule has 5 nitrogen and oxygen atoms in total. The number of phenolic OH excluding ortho intramolecular Hbond substituents is 1. The van der Waals surface area contributed by atoms with Crippen molar-refractivity contribution >= 4 is 46.3 Å². The molecule has 1 aliphatic heterocycles. The first-order chi connectivity index (χ1) is 10.4. The summed E-state index contributed by atoms with van der Waals surface area (Å²) in [6.45, 7) is 2.15. The van der Waals surface area contributed by atoms with Crippen LogP contribution in [0.1, 0.15) is 24.0 Å². The number of thioether (sulfide) groups is 1. The van der Waals surface area contributed by atoms with Crippen LogP contribution in [-0.4, -0.2) is 37.9 Å². The third-order valence-corrected chi connectivity index (χ3v) is 4.50. The van der Waals surface area contributed by atoms with E-state index in [2.05, 4.69) is 0 Å². The minimum absolute atomic E-state index is 0.00510. The summed E-state index contributed by atoms with van der Waals surface area (Å²) in [4.78, 5) is 24.7. The van der Waals surface area contributed by atoms with Crippen LogP contribution in [0.5, 0.6) is 5.75 Å². The van der Waals surface area contributed by atoms with Crippen LogP contribution in [0.3, 0.4) is 0 Å². The van der Waals surface area contributed by atoms with E-state index in [1.165, 1.54) is 4.90 Å². The molecule has 0 unspecified atom stereocenters. The molecule has 1 saturated heterocycles. The summed E-state index contributed by atoms with van der Waals surface area (Å²) in [6.07, 6.45) is 1.95. The highest BCUT2D eigenvalue weighted by Gasteiger charge is 2.31. The lowest BCUT2D eigenvalue weighted by Crippen LogP contribution is -2.29. The maximum Gasteiger partial charge on any atom is 0.303 e. The van der Waals surface area contributed by atoms with E-state index in [-0.39, 0.29) is 24.6 Å². The zero-order valence-electron chi connectivity index (χ0n) is 11.9. The van der Waals surface area contributed by atoms with Gasteiger partial charge in [0, 0.05) is 18.5 Å². The minimum atomic E-state index is -0.898. The fourth-order valence-electron chi connectivity index (χ4n) is 2.00. The van der Waals surface area contributed by atoms with Gasteiger partial charge in [0.15, 0.2) is 0 Å². The molecule has 1 heterocycles. The Balaban J connectivity index is 2.13. The average molecular weight is 337 g/mol. The van der Waals surface area contributed by atoms with Gasteiger partial charge in [-0.1, -0.05) is 36.1 Å². The lowest BCUT2D eigenvalue weighted by atomic mass is 10.1. The van der Waals surface area contributed by atoms with Gasteiger partial charge in [-0.25, -0.2) is 0 Å². The number of hydrogen-bond donors (Lipinski definition) is 2. The average Bonchev–Trinajstić information content (AvgIpc) is 2.69. The summed E-state index contributed by atoms with van der Waals surface area (Å²) in [5, 5.41) is 18.5. The SMILES string of the molecule is Cc1ccc(C=C2SC(=S)N(CCCC(=O)O)C2=O)c(O)c1. The fraction of sp³-hybridized carbons (Fsp3) is 0.267. The maximum atomic E-state index is 12.3. The van der Waals surface area contributed by atoms with E-state index >= 15 is 0 Å². The second-order valence-electron chi connectivity index (χ2n) is 4.89. The van der Waals surface area contributed by atoms with Crippen LogP contribution in [-0.2, 0) is 9.59 Å². The second kappa shape index (κ2) is 6.93. The number of amides is 1. The van der Waals surface area contributed by atoms with Crippen molar-refractivity contribution in [2.24, 2.45) is 0 Å². The molecule has 1 aliphatic rings. The van der Waals surface area contributed by atoms with Crippen molar-refractivity contribution in [1.29, 1.82) is 0 Å². The molecule has 0 aliphatic carbocycles. The van der Waals surface area contributed by atoms with Crippen LogP contribution in [0.25, 0.3) is 6.08 Å². The van der Waals surface area contributed by atoms with Gasteiger partial charge < -0.3 is 10.2 Å². The molecule has 2 rings (SSSR count). The number of thiocarbonyl (C=S) groups is 1. The number of nitrogens with zero attached hydrogens (tertiary/aromatic N) is 1.